The monoisotopic (exact) mass is 618 g/mol. The largest absolute Gasteiger partial charge is 0.454 e. The second-order valence-electron chi connectivity index (χ2n) is 10.9. The van der Waals surface area contributed by atoms with Gasteiger partial charge in [0.2, 0.25) is 12.7 Å². The Morgan fingerprint density at radius 2 is 1.60 bits per heavy atom. The van der Waals surface area contributed by atoms with E-state index in [1.54, 1.807) is 30.3 Å². The Morgan fingerprint density at radius 3 is 2.45 bits per heavy atom. The highest BCUT2D eigenvalue weighted by atomic mass is 79.9. The number of carbonyl (C=O) groups is 3. The van der Waals surface area contributed by atoms with E-state index in [4.69, 9.17) is 9.47 Å². The SMILES string of the molecule is O=C(c1ccc2c(c1)OCO2)C1C2c3ccccc3C=CN2C(C(=O)c2ccc(Br)cc2)C12C(=O)Nc1ccccc12. The number of hydrogen-bond donors (Lipinski definition) is 1. The first-order chi connectivity index (χ1) is 20.5. The van der Waals surface area contributed by atoms with Crippen molar-refractivity contribution < 1.29 is 23.9 Å². The molecule has 42 heavy (non-hydrogen) atoms. The summed E-state index contributed by atoms with van der Waals surface area (Å²) in [6.45, 7) is 0.0778. The topological polar surface area (TPSA) is 84.9 Å². The molecule has 1 spiro atoms. The van der Waals surface area contributed by atoms with Crippen LogP contribution in [-0.2, 0) is 10.2 Å². The molecule has 4 aromatic carbocycles. The number of fused-ring (bicyclic) bond motifs is 6. The number of halogens is 1. The van der Waals surface area contributed by atoms with E-state index < -0.39 is 23.4 Å². The van der Waals surface area contributed by atoms with Crippen molar-refractivity contribution in [3.05, 3.63) is 129 Å². The number of Topliss-reactive ketones (excluding diaryl/α,β-unsaturated/α-hetero) is 2. The zero-order chi connectivity index (χ0) is 28.6. The maximum atomic E-state index is 14.9. The highest BCUT2D eigenvalue weighted by Crippen LogP contribution is 2.61. The summed E-state index contributed by atoms with van der Waals surface area (Å²) < 4.78 is 11.9. The minimum Gasteiger partial charge on any atom is -0.454 e. The zero-order valence-electron chi connectivity index (χ0n) is 22.1. The van der Waals surface area contributed by atoms with Crippen molar-refractivity contribution in [1.82, 2.24) is 4.90 Å². The molecule has 0 saturated carbocycles. The van der Waals surface area contributed by atoms with Crippen LogP contribution in [0.5, 0.6) is 11.5 Å². The minimum absolute atomic E-state index is 0.0778. The number of ether oxygens (including phenoxy) is 2. The van der Waals surface area contributed by atoms with Crippen LogP contribution in [0.2, 0.25) is 0 Å². The quantitative estimate of drug-likeness (QED) is 0.276. The molecular formula is C34H23BrN2O5. The summed E-state index contributed by atoms with van der Waals surface area (Å²) in [5.74, 6) is -0.730. The molecule has 8 rings (SSSR count). The maximum Gasteiger partial charge on any atom is 0.238 e. The number of rotatable bonds is 4. The van der Waals surface area contributed by atoms with Gasteiger partial charge in [-0.1, -0.05) is 70.5 Å². The van der Waals surface area contributed by atoms with Crippen LogP contribution in [0, 0.1) is 5.92 Å². The lowest BCUT2D eigenvalue weighted by Crippen LogP contribution is -2.54. The smallest absolute Gasteiger partial charge is 0.238 e. The predicted molar refractivity (Wildman–Crippen MR) is 159 cm³/mol. The lowest BCUT2D eigenvalue weighted by atomic mass is 9.63. The van der Waals surface area contributed by atoms with Gasteiger partial charge in [-0.25, -0.2) is 0 Å². The lowest BCUT2D eigenvalue weighted by Gasteiger charge is -2.35. The number of para-hydroxylation sites is 1. The van der Waals surface area contributed by atoms with Gasteiger partial charge in [-0.05, 0) is 59.2 Å². The summed E-state index contributed by atoms with van der Waals surface area (Å²) in [7, 11) is 0. The molecule has 1 fully saturated rings. The number of ketones is 2. The Bertz CT molecular complexity index is 1850. The summed E-state index contributed by atoms with van der Waals surface area (Å²) in [5, 5.41) is 3.04. The molecule has 4 aromatic rings. The van der Waals surface area contributed by atoms with Gasteiger partial charge < -0.3 is 19.7 Å². The predicted octanol–water partition coefficient (Wildman–Crippen LogP) is 6.16. The van der Waals surface area contributed by atoms with Crippen LogP contribution >= 0.6 is 15.9 Å². The molecule has 0 aliphatic carbocycles. The number of benzene rings is 4. The summed E-state index contributed by atoms with van der Waals surface area (Å²) in [6, 6.07) is 25.9. The van der Waals surface area contributed by atoms with Crippen LogP contribution in [0.25, 0.3) is 6.08 Å². The number of hydrogen-bond acceptors (Lipinski definition) is 6. The standard InChI is InChI=1S/C34H23BrN2O5/c35-22-12-9-20(10-13-22)31(39)32-34(24-7-3-4-8-25(24)36-33(34)40)28(29-23-6-2-1-5-19(23)15-16-37(29)32)30(38)21-11-14-26-27(17-21)42-18-41-26/h1-17,28-29,32H,18H2,(H,36,40). The molecular weight excluding hydrogens is 596 g/mol. The van der Waals surface area contributed by atoms with Gasteiger partial charge >= 0.3 is 0 Å². The molecule has 8 heteroatoms. The van der Waals surface area contributed by atoms with Crippen LogP contribution in [-0.4, -0.2) is 35.2 Å². The first-order valence-corrected chi connectivity index (χ1v) is 14.5. The molecule has 4 atom stereocenters. The van der Waals surface area contributed by atoms with Crippen molar-refractivity contribution >= 4 is 45.2 Å². The van der Waals surface area contributed by atoms with Gasteiger partial charge in [-0.3, -0.25) is 14.4 Å². The number of anilines is 1. The molecule has 4 heterocycles. The first-order valence-electron chi connectivity index (χ1n) is 13.7. The van der Waals surface area contributed by atoms with E-state index in [-0.39, 0.29) is 24.3 Å². The van der Waals surface area contributed by atoms with Crippen LogP contribution in [0.15, 0.2) is 102 Å². The van der Waals surface area contributed by atoms with Gasteiger partial charge in [0.05, 0.1) is 12.0 Å². The van der Waals surface area contributed by atoms with Crippen molar-refractivity contribution in [3.63, 3.8) is 0 Å². The molecule has 206 valence electrons. The Labute approximate surface area is 249 Å². The number of nitrogens with zero attached hydrogens (tertiary/aromatic N) is 1. The Hall–Kier alpha value is -4.69. The maximum absolute atomic E-state index is 14.9. The molecule has 0 radical (unpaired) electrons. The molecule has 7 nitrogen and oxygen atoms in total. The van der Waals surface area contributed by atoms with E-state index in [1.165, 1.54) is 0 Å². The molecule has 4 aliphatic heterocycles. The third kappa shape index (κ3) is 3.35. The van der Waals surface area contributed by atoms with Crippen molar-refractivity contribution in [1.29, 1.82) is 0 Å². The van der Waals surface area contributed by atoms with Crippen LogP contribution < -0.4 is 14.8 Å². The highest BCUT2D eigenvalue weighted by molar-refractivity contribution is 9.10. The summed E-state index contributed by atoms with van der Waals surface area (Å²) in [5.41, 5.74) is 2.43. The number of amides is 1. The van der Waals surface area contributed by atoms with Crippen molar-refractivity contribution in [3.8, 4) is 11.5 Å². The normalized spacial score (nSPS) is 24.3. The van der Waals surface area contributed by atoms with Crippen LogP contribution in [0.4, 0.5) is 5.69 Å². The molecule has 1 amide bonds. The Morgan fingerprint density at radius 1 is 0.857 bits per heavy atom. The fraction of sp³-hybridized carbons (Fsp3) is 0.147. The summed E-state index contributed by atoms with van der Waals surface area (Å²) in [6.07, 6.45) is 3.82. The van der Waals surface area contributed by atoms with Crippen LogP contribution in [0.3, 0.4) is 0 Å². The van der Waals surface area contributed by atoms with Gasteiger partial charge in [0, 0.05) is 27.5 Å². The van der Waals surface area contributed by atoms with Gasteiger partial charge in [0.1, 0.15) is 11.5 Å². The number of carbonyl (C=O) groups excluding carboxylic acids is 3. The average molecular weight is 619 g/mol. The van der Waals surface area contributed by atoms with Crippen molar-refractivity contribution in [2.24, 2.45) is 5.92 Å². The van der Waals surface area contributed by atoms with Gasteiger partial charge in [-0.2, -0.15) is 0 Å². The Balaban J connectivity index is 1.41. The fourth-order valence-corrected chi connectivity index (χ4v) is 7.44. The lowest BCUT2D eigenvalue weighted by molar-refractivity contribution is -0.122. The van der Waals surface area contributed by atoms with E-state index in [0.717, 1.165) is 15.6 Å². The van der Waals surface area contributed by atoms with Gasteiger partial charge in [-0.15, -0.1) is 0 Å². The van der Waals surface area contributed by atoms with E-state index in [1.807, 2.05) is 77.8 Å². The van der Waals surface area contributed by atoms with Gasteiger partial charge in [0.15, 0.2) is 23.1 Å². The minimum atomic E-state index is -1.51. The van der Waals surface area contributed by atoms with Crippen LogP contribution in [0.1, 0.15) is 43.4 Å². The average Bonchev–Trinajstić information content (AvgIpc) is 3.69. The van der Waals surface area contributed by atoms with Gasteiger partial charge in [0.25, 0.3) is 0 Å². The second kappa shape index (κ2) is 9.16. The fourth-order valence-electron chi connectivity index (χ4n) is 7.18. The zero-order valence-corrected chi connectivity index (χ0v) is 23.7. The molecule has 1 N–H and O–H groups in total. The second-order valence-corrected chi connectivity index (χ2v) is 11.8. The Kier molecular flexibility index (Phi) is 5.46. The molecule has 4 unspecified atom stereocenters. The van der Waals surface area contributed by atoms with E-state index in [0.29, 0.717) is 33.9 Å². The van der Waals surface area contributed by atoms with E-state index in [2.05, 4.69) is 21.2 Å². The van der Waals surface area contributed by atoms with E-state index in [9.17, 15) is 14.4 Å². The third-order valence-electron chi connectivity index (χ3n) is 8.91. The van der Waals surface area contributed by atoms with Crippen molar-refractivity contribution in [2.45, 2.75) is 17.5 Å². The highest BCUT2D eigenvalue weighted by Gasteiger charge is 2.71. The summed E-state index contributed by atoms with van der Waals surface area (Å²) >= 11 is 3.46. The van der Waals surface area contributed by atoms with Crippen molar-refractivity contribution in [2.75, 3.05) is 12.1 Å². The number of nitrogens with one attached hydrogen (secondary N) is 1. The third-order valence-corrected chi connectivity index (χ3v) is 9.44. The summed E-state index contributed by atoms with van der Waals surface area (Å²) in [4.78, 5) is 46.1. The first kappa shape index (κ1) is 25.1. The molecule has 0 bridgehead atoms. The van der Waals surface area contributed by atoms with E-state index >= 15 is 0 Å². The molecule has 1 saturated heterocycles. The molecule has 4 aliphatic rings. The molecule has 0 aromatic heterocycles.